The number of carbonyl (C=O) groups excluding carboxylic acids is 1. The molecule has 1 N–H and O–H groups in total. The molecule has 0 bridgehead atoms. The van der Waals surface area contributed by atoms with Gasteiger partial charge in [-0.05, 0) is 31.0 Å². The minimum atomic E-state index is -0.0804. The highest BCUT2D eigenvalue weighted by molar-refractivity contribution is 5.87. The van der Waals surface area contributed by atoms with Crippen molar-refractivity contribution in [2.75, 3.05) is 31.1 Å². The summed E-state index contributed by atoms with van der Waals surface area (Å²) >= 11 is 0. The van der Waals surface area contributed by atoms with Gasteiger partial charge in [0.25, 0.3) is 5.91 Å². The number of ether oxygens (including phenoxy) is 1. The molecule has 7 heteroatoms. The highest BCUT2D eigenvalue weighted by Gasteiger charge is 2.53. The third-order valence-corrected chi connectivity index (χ3v) is 5.52. The number of anilines is 1. The summed E-state index contributed by atoms with van der Waals surface area (Å²) in [6.45, 7) is 2.34. The Morgan fingerprint density at radius 3 is 2.81 bits per heavy atom. The summed E-state index contributed by atoms with van der Waals surface area (Å²) < 4.78 is 5.67. The largest absolute Gasteiger partial charge is 0.484 e. The molecule has 1 aliphatic heterocycles. The van der Waals surface area contributed by atoms with Crippen LogP contribution in [0.3, 0.4) is 0 Å². The van der Waals surface area contributed by atoms with Crippen molar-refractivity contribution in [1.82, 2.24) is 19.9 Å². The maximum atomic E-state index is 12.8. The Bertz CT molecular complexity index is 967. The van der Waals surface area contributed by atoms with Crippen LogP contribution in [0.1, 0.15) is 12.8 Å². The molecule has 1 spiro atoms. The van der Waals surface area contributed by atoms with Gasteiger partial charge in [-0.2, -0.15) is 0 Å². The lowest BCUT2D eigenvalue weighted by Crippen LogP contribution is -2.58. The predicted octanol–water partition coefficient (Wildman–Crippen LogP) is 2.22. The predicted molar refractivity (Wildman–Crippen MR) is 102 cm³/mol. The van der Waals surface area contributed by atoms with E-state index in [4.69, 9.17) is 4.74 Å². The van der Waals surface area contributed by atoms with Crippen LogP contribution in [0.4, 0.5) is 5.82 Å². The Kier molecular flexibility index (Phi) is 3.74. The molecule has 138 valence electrons. The summed E-state index contributed by atoms with van der Waals surface area (Å²) in [5.41, 5.74) is 0.766. The Labute approximate surface area is 157 Å². The minimum Gasteiger partial charge on any atom is -0.484 e. The second kappa shape index (κ2) is 6.26. The topological polar surface area (TPSA) is 74.3 Å². The third kappa shape index (κ3) is 2.89. The first-order valence-electron chi connectivity index (χ1n) is 9.27. The van der Waals surface area contributed by atoms with Crippen LogP contribution in [0.15, 0.2) is 48.9 Å². The third-order valence-electron chi connectivity index (χ3n) is 5.52. The molecule has 3 heterocycles. The molecule has 1 saturated carbocycles. The zero-order valence-corrected chi connectivity index (χ0v) is 15.0. The number of hydrogen-bond donors (Lipinski definition) is 1. The van der Waals surface area contributed by atoms with Crippen molar-refractivity contribution in [3.8, 4) is 5.75 Å². The van der Waals surface area contributed by atoms with Gasteiger partial charge in [-0.25, -0.2) is 9.97 Å². The molecule has 5 rings (SSSR count). The standard InChI is InChI=1S/C20H21N5O2/c26-17(12-27-15-4-2-1-3-5-15)25-11-10-24(13-20(25)7-8-20)19-16-6-9-21-18(16)22-14-23-19/h1-6,9,14H,7-8,10-13H2,(H,21,22,23). The van der Waals surface area contributed by atoms with Crippen molar-refractivity contribution in [1.29, 1.82) is 0 Å². The monoisotopic (exact) mass is 363 g/mol. The summed E-state index contributed by atoms with van der Waals surface area (Å²) in [5.74, 6) is 1.73. The molecule has 27 heavy (non-hydrogen) atoms. The second-order valence-electron chi connectivity index (χ2n) is 7.23. The fraction of sp³-hybridized carbons (Fsp3) is 0.350. The Hall–Kier alpha value is -3.09. The number of aromatic nitrogens is 3. The van der Waals surface area contributed by atoms with Crippen molar-refractivity contribution >= 4 is 22.8 Å². The van der Waals surface area contributed by atoms with Crippen molar-refractivity contribution < 1.29 is 9.53 Å². The van der Waals surface area contributed by atoms with Crippen LogP contribution in [0.25, 0.3) is 11.0 Å². The lowest BCUT2D eigenvalue weighted by Gasteiger charge is -2.42. The number of aromatic amines is 1. The van der Waals surface area contributed by atoms with Gasteiger partial charge in [0.15, 0.2) is 6.61 Å². The molecule has 0 radical (unpaired) electrons. The SMILES string of the molecule is O=C(COc1ccccc1)N1CCN(c2ncnc3[nH]ccc23)CC12CC2. The van der Waals surface area contributed by atoms with E-state index < -0.39 is 0 Å². The molecule has 0 atom stereocenters. The van der Waals surface area contributed by atoms with Gasteiger partial charge in [-0.3, -0.25) is 4.79 Å². The number of nitrogens with one attached hydrogen (secondary N) is 1. The fourth-order valence-electron chi connectivity index (χ4n) is 3.97. The molecule has 0 unspecified atom stereocenters. The molecule has 1 aromatic carbocycles. The van der Waals surface area contributed by atoms with Gasteiger partial charge < -0.3 is 19.5 Å². The van der Waals surface area contributed by atoms with Crippen LogP contribution in [0.2, 0.25) is 0 Å². The van der Waals surface area contributed by atoms with E-state index >= 15 is 0 Å². The van der Waals surface area contributed by atoms with E-state index in [1.165, 1.54) is 0 Å². The average Bonchev–Trinajstić information content (AvgIpc) is 3.28. The van der Waals surface area contributed by atoms with Gasteiger partial charge in [0.05, 0.1) is 10.9 Å². The average molecular weight is 363 g/mol. The van der Waals surface area contributed by atoms with Crippen LogP contribution >= 0.6 is 0 Å². The number of hydrogen-bond acceptors (Lipinski definition) is 5. The van der Waals surface area contributed by atoms with E-state index in [2.05, 4.69) is 19.9 Å². The van der Waals surface area contributed by atoms with E-state index in [-0.39, 0.29) is 18.1 Å². The van der Waals surface area contributed by atoms with Gasteiger partial charge in [0.1, 0.15) is 23.5 Å². The van der Waals surface area contributed by atoms with Crippen LogP contribution in [-0.4, -0.2) is 57.5 Å². The van der Waals surface area contributed by atoms with E-state index in [1.54, 1.807) is 6.33 Å². The highest BCUT2D eigenvalue weighted by atomic mass is 16.5. The number of fused-ring (bicyclic) bond motifs is 1. The lowest BCUT2D eigenvalue weighted by atomic mass is 10.1. The number of rotatable bonds is 4. The first-order valence-corrected chi connectivity index (χ1v) is 9.27. The smallest absolute Gasteiger partial charge is 0.261 e. The maximum absolute atomic E-state index is 12.8. The highest BCUT2D eigenvalue weighted by Crippen LogP contribution is 2.45. The molecule has 3 aromatic rings. The van der Waals surface area contributed by atoms with E-state index in [9.17, 15) is 4.79 Å². The second-order valence-corrected chi connectivity index (χ2v) is 7.23. The zero-order chi connectivity index (χ0) is 18.3. The Balaban J connectivity index is 1.30. The van der Waals surface area contributed by atoms with Crippen molar-refractivity contribution in [2.24, 2.45) is 0 Å². The van der Waals surface area contributed by atoms with Gasteiger partial charge in [-0.1, -0.05) is 18.2 Å². The molecule has 2 aromatic heterocycles. The molecule has 1 amide bonds. The summed E-state index contributed by atoms with van der Waals surface area (Å²) in [6, 6.07) is 11.5. The van der Waals surface area contributed by atoms with Gasteiger partial charge in [0.2, 0.25) is 0 Å². The Morgan fingerprint density at radius 2 is 2.00 bits per heavy atom. The Morgan fingerprint density at radius 1 is 1.15 bits per heavy atom. The molecule has 7 nitrogen and oxygen atoms in total. The molecule has 2 fully saturated rings. The molecular formula is C20H21N5O2. The number of H-pyrrole nitrogens is 1. The lowest BCUT2D eigenvalue weighted by molar-refractivity contribution is -0.137. The maximum Gasteiger partial charge on any atom is 0.261 e. The van der Waals surface area contributed by atoms with Crippen LogP contribution in [-0.2, 0) is 4.79 Å². The molecule has 1 saturated heterocycles. The minimum absolute atomic E-state index is 0.0606. The van der Waals surface area contributed by atoms with Gasteiger partial charge >= 0.3 is 0 Å². The normalized spacial score (nSPS) is 18.1. The van der Waals surface area contributed by atoms with Crippen LogP contribution < -0.4 is 9.64 Å². The quantitative estimate of drug-likeness (QED) is 0.769. The number of para-hydroxylation sites is 1. The number of carbonyl (C=O) groups is 1. The van der Waals surface area contributed by atoms with Crippen molar-refractivity contribution in [3.63, 3.8) is 0 Å². The van der Waals surface area contributed by atoms with Gasteiger partial charge in [-0.15, -0.1) is 0 Å². The number of nitrogens with zero attached hydrogens (tertiary/aromatic N) is 4. The van der Waals surface area contributed by atoms with E-state index in [0.717, 1.165) is 48.5 Å². The van der Waals surface area contributed by atoms with Crippen LogP contribution in [0, 0.1) is 0 Å². The summed E-state index contributed by atoms with van der Waals surface area (Å²) in [4.78, 5) is 29.0. The summed E-state index contributed by atoms with van der Waals surface area (Å²) in [5, 5.41) is 1.03. The zero-order valence-electron chi connectivity index (χ0n) is 15.0. The fourth-order valence-corrected chi connectivity index (χ4v) is 3.97. The summed E-state index contributed by atoms with van der Waals surface area (Å²) in [6.07, 6.45) is 5.54. The van der Waals surface area contributed by atoms with E-state index in [0.29, 0.717) is 6.54 Å². The van der Waals surface area contributed by atoms with Gasteiger partial charge in [0, 0.05) is 25.8 Å². The van der Waals surface area contributed by atoms with Crippen molar-refractivity contribution in [3.05, 3.63) is 48.9 Å². The van der Waals surface area contributed by atoms with Crippen LogP contribution in [0.5, 0.6) is 5.75 Å². The number of piperazine rings is 1. The first-order chi connectivity index (χ1) is 13.3. The number of amides is 1. The molecule has 2 aliphatic rings. The van der Waals surface area contributed by atoms with E-state index in [1.807, 2.05) is 47.5 Å². The first kappa shape index (κ1) is 16.1. The summed E-state index contributed by atoms with van der Waals surface area (Å²) in [7, 11) is 0. The molecule has 1 aliphatic carbocycles. The molecular weight excluding hydrogens is 342 g/mol. The van der Waals surface area contributed by atoms with Crippen molar-refractivity contribution in [2.45, 2.75) is 18.4 Å². The number of benzene rings is 1.